The molecule has 2 aliphatic heterocycles. The van der Waals surface area contributed by atoms with Gasteiger partial charge in [0, 0.05) is 25.7 Å². The van der Waals surface area contributed by atoms with Crippen LogP contribution in [0, 0.1) is 5.92 Å². The summed E-state index contributed by atoms with van der Waals surface area (Å²) in [6, 6.07) is 0.782. The lowest BCUT2D eigenvalue weighted by atomic mass is 10.0. The van der Waals surface area contributed by atoms with Crippen molar-refractivity contribution in [1.29, 1.82) is 0 Å². The first-order valence-corrected chi connectivity index (χ1v) is 6.35. The molecule has 3 heteroatoms. The summed E-state index contributed by atoms with van der Waals surface area (Å²) in [7, 11) is 4.54. The van der Waals surface area contributed by atoms with Gasteiger partial charge in [0.1, 0.15) is 0 Å². The van der Waals surface area contributed by atoms with Crippen molar-refractivity contribution in [2.75, 3.05) is 46.8 Å². The second kappa shape index (κ2) is 5.28. The third-order valence-corrected chi connectivity index (χ3v) is 3.93. The summed E-state index contributed by atoms with van der Waals surface area (Å²) in [6.45, 7) is 6.29. The number of hydrogen-bond acceptors (Lipinski definition) is 3. The van der Waals surface area contributed by atoms with Gasteiger partial charge < -0.3 is 15.1 Å². The molecule has 0 aromatic rings. The van der Waals surface area contributed by atoms with Gasteiger partial charge in [-0.25, -0.2) is 0 Å². The van der Waals surface area contributed by atoms with Crippen LogP contribution in [-0.2, 0) is 0 Å². The van der Waals surface area contributed by atoms with Crippen molar-refractivity contribution >= 4 is 0 Å². The summed E-state index contributed by atoms with van der Waals surface area (Å²) in [5.74, 6) is 0.905. The van der Waals surface area contributed by atoms with Crippen molar-refractivity contribution in [3.05, 3.63) is 0 Å². The summed E-state index contributed by atoms with van der Waals surface area (Å²) in [6.07, 6.45) is 4.12. The fourth-order valence-electron chi connectivity index (χ4n) is 2.94. The van der Waals surface area contributed by atoms with E-state index in [-0.39, 0.29) is 0 Å². The molecule has 2 aliphatic rings. The zero-order valence-electron chi connectivity index (χ0n) is 10.2. The normalized spacial score (nSPS) is 33.8. The first-order valence-electron chi connectivity index (χ1n) is 6.35. The number of likely N-dealkylation sites (N-methyl/N-ethyl adjacent to an activating group) is 1. The first-order chi connectivity index (χ1) is 7.25. The molecule has 2 rings (SSSR count). The standard InChI is InChI=1S/C12H25N3/c1-14-7-5-11(9-14)10-15(2)12-4-3-6-13-8-12/h11-13H,3-10H2,1-2H3. The molecule has 2 saturated heterocycles. The molecular formula is C12H25N3. The third-order valence-electron chi connectivity index (χ3n) is 3.93. The van der Waals surface area contributed by atoms with Crippen LogP contribution in [0.5, 0.6) is 0 Å². The van der Waals surface area contributed by atoms with Crippen LogP contribution in [0.3, 0.4) is 0 Å². The smallest absolute Gasteiger partial charge is 0.0218 e. The average molecular weight is 211 g/mol. The topological polar surface area (TPSA) is 18.5 Å². The van der Waals surface area contributed by atoms with Gasteiger partial charge in [0.15, 0.2) is 0 Å². The van der Waals surface area contributed by atoms with Gasteiger partial charge in [0.25, 0.3) is 0 Å². The summed E-state index contributed by atoms with van der Waals surface area (Å²) < 4.78 is 0. The fraction of sp³-hybridized carbons (Fsp3) is 1.00. The van der Waals surface area contributed by atoms with Crippen molar-refractivity contribution in [2.45, 2.75) is 25.3 Å². The van der Waals surface area contributed by atoms with Crippen molar-refractivity contribution in [2.24, 2.45) is 5.92 Å². The number of rotatable bonds is 3. The number of likely N-dealkylation sites (tertiary alicyclic amines) is 1. The second-order valence-corrected chi connectivity index (χ2v) is 5.36. The van der Waals surface area contributed by atoms with Crippen LogP contribution in [0.25, 0.3) is 0 Å². The Kier molecular flexibility index (Phi) is 4.00. The Morgan fingerprint density at radius 1 is 1.40 bits per heavy atom. The monoisotopic (exact) mass is 211 g/mol. The van der Waals surface area contributed by atoms with E-state index >= 15 is 0 Å². The van der Waals surface area contributed by atoms with Crippen LogP contribution in [0.4, 0.5) is 0 Å². The summed E-state index contributed by atoms with van der Waals surface area (Å²) in [4.78, 5) is 5.04. The van der Waals surface area contributed by atoms with E-state index in [2.05, 4.69) is 29.2 Å². The lowest BCUT2D eigenvalue weighted by Gasteiger charge is -2.33. The highest BCUT2D eigenvalue weighted by Crippen LogP contribution is 2.17. The maximum Gasteiger partial charge on any atom is 0.0218 e. The predicted octanol–water partition coefficient (Wildman–Crippen LogP) is 0.622. The molecule has 0 aliphatic carbocycles. The predicted molar refractivity (Wildman–Crippen MR) is 64.1 cm³/mol. The molecule has 0 aromatic heterocycles. The van der Waals surface area contributed by atoms with Gasteiger partial charge >= 0.3 is 0 Å². The molecule has 2 fully saturated rings. The first kappa shape index (κ1) is 11.4. The lowest BCUT2D eigenvalue weighted by Crippen LogP contribution is -2.45. The van der Waals surface area contributed by atoms with E-state index in [9.17, 15) is 0 Å². The summed E-state index contributed by atoms with van der Waals surface area (Å²) in [5, 5.41) is 3.50. The Balaban J connectivity index is 1.73. The molecule has 2 atom stereocenters. The van der Waals surface area contributed by atoms with Gasteiger partial charge in [-0.05, 0) is 52.4 Å². The number of nitrogens with one attached hydrogen (secondary N) is 1. The van der Waals surface area contributed by atoms with Gasteiger partial charge in [-0.3, -0.25) is 0 Å². The quantitative estimate of drug-likeness (QED) is 0.738. The zero-order valence-corrected chi connectivity index (χ0v) is 10.2. The van der Waals surface area contributed by atoms with Crippen molar-refractivity contribution < 1.29 is 0 Å². The number of nitrogens with zero attached hydrogens (tertiary/aromatic N) is 2. The Bertz CT molecular complexity index is 189. The maximum absolute atomic E-state index is 3.50. The van der Waals surface area contributed by atoms with Crippen LogP contribution in [-0.4, -0.2) is 62.7 Å². The van der Waals surface area contributed by atoms with E-state index in [1.165, 1.54) is 52.0 Å². The molecule has 3 nitrogen and oxygen atoms in total. The van der Waals surface area contributed by atoms with Crippen LogP contribution < -0.4 is 5.32 Å². The van der Waals surface area contributed by atoms with Crippen molar-refractivity contribution in [1.82, 2.24) is 15.1 Å². The zero-order chi connectivity index (χ0) is 10.7. The fourth-order valence-corrected chi connectivity index (χ4v) is 2.94. The number of hydrogen-bond donors (Lipinski definition) is 1. The molecule has 15 heavy (non-hydrogen) atoms. The lowest BCUT2D eigenvalue weighted by molar-refractivity contribution is 0.177. The molecule has 2 heterocycles. The minimum absolute atomic E-state index is 0.782. The van der Waals surface area contributed by atoms with Crippen LogP contribution >= 0.6 is 0 Å². The minimum atomic E-state index is 0.782. The van der Waals surface area contributed by atoms with E-state index in [0.29, 0.717) is 0 Å². The summed E-state index contributed by atoms with van der Waals surface area (Å²) in [5.41, 5.74) is 0. The van der Waals surface area contributed by atoms with Crippen LogP contribution in [0.15, 0.2) is 0 Å². The molecule has 0 radical (unpaired) electrons. The van der Waals surface area contributed by atoms with Gasteiger partial charge in [-0.1, -0.05) is 0 Å². The van der Waals surface area contributed by atoms with Gasteiger partial charge in [0.05, 0.1) is 0 Å². The molecule has 2 unspecified atom stereocenters. The van der Waals surface area contributed by atoms with Gasteiger partial charge in [-0.2, -0.15) is 0 Å². The summed E-state index contributed by atoms with van der Waals surface area (Å²) >= 11 is 0. The maximum atomic E-state index is 3.50. The van der Waals surface area contributed by atoms with E-state index in [1.54, 1.807) is 0 Å². The van der Waals surface area contributed by atoms with Crippen molar-refractivity contribution in [3.63, 3.8) is 0 Å². The van der Waals surface area contributed by atoms with E-state index in [4.69, 9.17) is 0 Å². The average Bonchev–Trinajstić information content (AvgIpc) is 2.65. The minimum Gasteiger partial charge on any atom is -0.315 e. The number of piperidine rings is 1. The Morgan fingerprint density at radius 3 is 2.87 bits per heavy atom. The molecule has 0 amide bonds. The SMILES string of the molecule is CN1CCC(CN(C)C2CCCNC2)C1. The highest BCUT2D eigenvalue weighted by atomic mass is 15.2. The molecule has 0 bridgehead atoms. The molecule has 88 valence electrons. The van der Waals surface area contributed by atoms with E-state index in [1.807, 2.05) is 0 Å². The van der Waals surface area contributed by atoms with Gasteiger partial charge in [-0.15, -0.1) is 0 Å². The largest absolute Gasteiger partial charge is 0.315 e. The second-order valence-electron chi connectivity index (χ2n) is 5.36. The Morgan fingerprint density at radius 2 is 2.27 bits per heavy atom. The molecule has 1 N–H and O–H groups in total. The molecule has 0 aromatic carbocycles. The molecule has 0 spiro atoms. The van der Waals surface area contributed by atoms with Crippen LogP contribution in [0.2, 0.25) is 0 Å². The van der Waals surface area contributed by atoms with Crippen LogP contribution in [0.1, 0.15) is 19.3 Å². The van der Waals surface area contributed by atoms with Gasteiger partial charge in [0.2, 0.25) is 0 Å². The highest BCUT2D eigenvalue weighted by molar-refractivity contribution is 4.81. The third kappa shape index (κ3) is 3.16. The molecular weight excluding hydrogens is 186 g/mol. The van der Waals surface area contributed by atoms with E-state index < -0.39 is 0 Å². The van der Waals surface area contributed by atoms with Crippen molar-refractivity contribution in [3.8, 4) is 0 Å². The molecule has 0 saturated carbocycles. The van der Waals surface area contributed by atoms with E-state index in [0.717, 1.165) is 12.0 Å². The Labute approximate surface area is 93.8 Å². The highest BCUT2D eigenvalue weighted by Gasteiger charge is 2.24. The Hall–Kier alpha value is -0.120.